The number of carbonyl (C=O) groups excluding carboxylic acids is 1. The highest BCUT2D eigenvalue weighted by atomic mass is 35.5. The lowest BCUT2D eigenvalue weighted by molar-refractivity contribution is -0.146. The number of nitrogens with zero attached hydrogens (tertiary/aromatic N) is 2. The summed E-state index contributed by atoms with van der Waals surface area (Å²) in [6.07, 6.45) is 0. The van der Waals surface area contributed by atoms with Gasteiger partial charge >= 0.3 is 5.97 Å². The van der Waals surface area contributed by atoms with Crippen molar-refractivity contribution in [1.82, 2.24) is 9.55 Å². The number of ether oxygens (including phenoxy) is 1. The maximum Gasteiger partial charge on any atom is 0.328 e. The number of halogens is 3. The van der Waals surface area contributed by atoms with Gasteiger partial charge in [0, 0.05) is 12.1 Å². The Morgan fingerprint density at radius 1 is 1.50 bits per heavy atom. The second-order valence-electron chi connectivity index (χ2n) is 4.22. The number of carbonyl (C=O) groups is 1. The van der Waals surface area contributed by atoms with Gasteiger partial charge in [-0.15, -0.1) is 11.6 Å². The van der Waals surface area contributed by atoms with Crippen LogP contribution in [0.4, 0.5) is 8.78 Å². The topological polar surface area (TPSA) is 44.1 Å². The number of hydrogen-bond acceptors (Lipinski definition) is 3. The van der Waals surface area contributed by atoms with Crippen molar-refractivity contribution >= 4 is 28.6 Å². The van der Waals surface area contributed by atoms with Gasteiger partial charge in [0.1, 0.15) is 23.2 Å². The molecule has 0 aliphatic heterocycles. The van der Waals surface area contributed by atoms with Crippen molar-refractivity contribution in [2.75, 3.05) is 6.61 Å². The monoisotopic (exact) mass is 302 g/mol. The number of alkyl halides is 1. The molecule has 0 radical (unpaired) electrons. The van der Waals surface area contributed by atoms with Crippen molar-refractivity contribution in [3.8, 4) is 0 Å². The summed E-state index contributed by atoms with van der Waals surface area (Å²) in [4.78, 5) is 15.8. The molecule has 0 amide bonds. The Kier molecular flexibility index (Phi) is 4.23. The fourth-order valence-electron chi connectivity index (χ4n) is 2.06. The van der Waals surface area contributed by atoms with Crippen LogP contribution in [0.2, 0.25) is 0 Å². The number of aromatic nitrogens is 2. The Bertz CT molecular complexity index is 657. The Balaban J connectivity index is 2.64. The summed E-state index contributed by atoms with van der Waals surface area (Å²) < 4.78 is 33.4. The molecule has 2 aromatic rings. The van der Waals surface area contributed by atoms with Crippen molar-refractivity contribution < 1.29 is 18.3 Å². The maximum atomic E-state index is 13.7. The van der Waals surface area contributed by atoms with E-state index in [0.717, 1.165) is 12.1 Å². The van der Waals surface area contributed by atoms with Gasteiger partial charge in [0.2, 0.25) is 0 Å². The molecule has 1 aromatic heterocycles. The number of benzene rings is 1. The number of imidazole rings is 1. The molecule has 0 spiro atoms. The Morgan fingerprint density at radius 3 is 2.80 bits per heavy atom. The van der Waals surface area contributed by atoms with E-state index in [2.05, 4.69) is 4.98 Å². The van der Waals surface area contributed by atoms with E-state index in [1.165, 1.54) is 4.57 Å². The molecule has 0 aliphatic carbocycles. The van der Waals surface area contributed by atoms with Gasteiger partial charge in [-0.2, -0.15) is 0 Å². The van der Waals surface area contributed by atoms with Gasteiger partial charge in [0.15, 0.2) is 5.82 Å². The van der Waals surface area contributed by atoms with E-state index in [1.54, 1.807) is 13.8 Å². The summed E-state index contributed by atoms with van der Waals surface area (Å²) >= 11 is 5.77. The highest BCUT2D eigenvalue weighted by Gasteiger charge is 2.24. The average Bonchev–Trinajstić information content (AvgIpc) is 2.76. The van der Waals surface area contributed by atoms with Crippen molar-refractivity contribution in [3.05, 3.63) is 29.6 Å². The largest absolute Gasteiger partial charge is 0.464 e. The van der Waals surface area contributed by atoms with Crippen molar-refractivity contribution in [3.63, 3.8) is 0 Å². The van der Waals surface area contributed by atoms with Gasteiger partial charge in [-0.05, 0) is 13.8 Å². The summed E-state index contributed by atoms with van der Waals surface area (Å²) in [6.45, 7) is 3.46. The van der Waals surface area contributed by atoms with Crippen LogP contribution in [-0.2, 0) is 15.4 Å². The number of hydrogen-bond donors (Lipinski definition) is 0. The zero-order chi connectivity index (χ0) is 14.9. The third kappa shape index (κ3) is 2.47. The van der Waals surface area contributed by atoms with E-state index in [0.29, 0.717) is 0 Å². The smallest absolute Gasteiger partial charge is 0.328 e. The predicted octanol–water partition coefficient (Wildman–Crippen LogP) is 3.18. The lowest BCUT2D eigenvalue weighted by Gasteiger charge is -2.15. The Labute approximate surface area is 119 Å². The van der Waals surface area contributed by atoms with Gasteiger partial charge in [0.05, 0.1) is 18.0 Å². The molecular weight excluding hydrogens is 290 g/mol. The first-order valence-corrected chi connectivity index (χ1v) is 6.61. The fraction of sp³-hybridized carbons (Fsp3) is 0.385. The van der Waals surface area contributed by atoms with Crippen LogP contribution < -0.4 is 0 Å². The highest BCUT2D eigenvalue weighted by Crippen LogP contribution is 2.26. The average molecular weight is 303 g/mol. The van der Waals surface area contributed by atoms with Crippen LogP contribution in [0.15, 0.2) is 12.1 Å². The Hall–Kier alpha value is -1.69. The molecule has 0 saturated heterocycles. The molecule has 2 rings (SSSR count). The molecule has 1 heterocycles. The lowest BCUT2D eigenvalue weighted by atomic mass is 10.2. The quantitative estimate of drug-likeness (QED) is 0.643. The maximum absolute atomic E-state index is 13.7. The molecule has 1 aromatic carbocycles. The van der Waals surface area contributed by atoms with Crippen LogP contribution in [0.3, 0.4) is 0 Å². The molecule has 0 aliphatic rings. The lowest BCUT2D eigenvalue weighted by Crippen LogP contribution is -2.20. The van der Waals surface area contributed by atoms with Crippen LogP contribution in [-0.4, -0.2) is 22.1 Å². The van der Waals surface area contributed by atoms with Crippen molar-refractivity contribution in [2.24, 2.45) is 0 Å². The molecule has 1 unspecified atom stereocenters. The number of esters is 1. The third-order valence-electron chi connectivity index (χ3n) is 2.92. The minimum Gasteiger partial charge on any atom is -0.464 e. The van der Waals surface area contributed by atoms with E-state index >= 15 is 0 Å². The molecule has 108 valence electrons. The fourth-order valence-corrected chi connectivity index (χ4v) is 2.25. The molecule has 0 saturated carbocycles. The number of rotatable bonds is 4. The van der Waals surface area contributed by atoms with Crippen LogP contribution in [0.1, 0.15) is 25.7 Å². The van der Waals surface area contributed by atoms with Gasteiger partial charge < -0.3 is 9.30 Å². The first-order valence-electron chi connectivity index (χ1n) is 6.08. The first-order chi connectivity index (χ1) is 9.49. The second-order valence-corrected chi connectivity index (χ2v) is 4.48. The summed E-state index contributed by atoms with van der Waals surface area (Å²) in [7, 11) is 0. The normalized spacial score (nSPS) is 12.7. The standard InChI is InChI=1S/C13H13ClF2N2O2/c1-3-20-13(19)7(2)18-10-5-8(15)4-9(16)12(10)17-11(18)6-14/h4-5,7H,3,6H2,1-2H3. The van der Waals surface area contributed by atoms with Crippen LogP contribution in [0, 0.1) is 11.6 Å². The summed E-state index contributed by atoms with van der Waals surface area (Å²) in [5.41, 5.74) is 0.164. The third-order valence-corrected chi connectivity index (χ3v) is 3.16. The van der Waals surface area contributed by atoms with E-state index in [4.69, 9.17) is 16.3 Å². The summed E-state index contributed by atoms with van der Waals surface area (Å²) in [5.74, 6) is -1.79. The SMILES string of the molecule is CCOC(=O)C(C)n1c(CCl)nc2c(F)cc(F)cc21. The van der Waals surface area contributed by atoms with E-state index in [-0.39, 0.29) is 29.3 Å². The second kappa shape index (κ2) is 5.75. The van der Waals surface area contributed by atoms with Crippen molar-refractivity contribution in [1.29, 1.82) is 0 Å². The van der Waals surface area contributed by atoms with Crippen LogP contribution in [0.5, 0.6) is 0 Å². The van der Waals surface area contributed by atoms with E-state index in [1.807, 2.05) is 0 Å². The molecule has 0 fully saturated rings. The van der Waals surface area contributed by atoms with Crippen LogP contribution in [0.25, 0.3) is 11.0 Å². The number of fused-ring (bicyclic) bond motifs is 1. The van der Waals surface area contributed by atoms with Gasteiger partial charge in [-0.3, -0.25) is 0 Å². The molecule has 1 atom stereocenters. The van der Waals surface area contributed by atoms with Gasteiger partial charge in [-0.25, -0.2) is 18.6 Å². The molecule has 4 nitrogen and oxygen atoms in total. The van der Waals surface area contributed by atoms with E-state index < -0.39 is 23.6 Å². The Morgan fingerprint density at radius 2 is 2.20 bits per heavy atom. The molecular formula is C13H13ClF2N2O2. The first kappa shape index (κ1) is 14.7. The predicted molar refractivity (Wildman–Crippen MR) is 70.6 cm³/mol. The minimum absolute atomic E-state index is 0.0156. The summed E-state index contributed by atoms with van der Waals surface area (Å²) in [5, 5.41) is 0. The zero-order valence-corrected chi connectivity index (χ0v) is 11.7. The summed E-state index contributed by atoms with van der Waals surface area (Å²) in [6, 6.07) is 1.10. The van der Waals surface area contributed by atoms with Gasteiger partial charge in [-0.1, -0.05) is 0 Å². The van der Waals surface area contributed by atoms with Gasteiger partial charge in [0.25, 0.3) is 0 Å². The molecule has 0 N–H and O–H groups in total. The van der Waals surface area contributed by atoms with E-state index in [9.17, 15) is 13.6 Å². The zero-order valence-electron chi connectivity index (χ0n) is 11.0. The van der Waals surface area contributed by atoms with Crippen molar-refractivity contribution in [2.45, 2.75) is 25.8 Å². The van der Waals surface area contributed by atoms with Crippen LogP contribution >= 0.6 is 11.6 Å². The molecule has 0 bridgehead atoms. The minimum atomic E-state index is -0.791. The molecule has 7 heteroatoms. The highest BCUT2D eigenvalue weighted by molar-refractivity contribution is 6.16. The molecule has 20 heavy (non-hydrogen) atoms.